The van der Waals surface area contributed by atoms with E-state index in [1.807, 2.05) is 36.4 Å². The van der Waals surface area contributed by atoms with E-state index < -0.39 is 0 Å². The average molecular weight is 308 g/mol. The monoisotopic (exact) mass is 308 g/mol. The lowest BCUT2D eigenvalue weighted by atomic mass is 10.0. The zero-order chi connectivity index (χ0) is 15.7. The number of para-hydroxylation sites is 2. The lowest BCUT2D eigenvalue weighted by molar-refractivity contribution is 0.663. The fourth-order valence-electron chi connectivity index (χ4n) is 3.77. The van der Waals surface area contributed by atoms with E-state index in [0.29, 0.717) is 0 Å². The number of furan rings is 2. The number of benzene rings is 4. The first-order chi connectivity index (χ1) is 11.9. The van der Waals surface area contributed by atoms with Crippen molar-refractivity contribution in [3.8, 4) is 0 Å². The Hall–Kier alpha value is -3.26. The molecule has 2 heteroatoms. The van der Waals surface area contributed by atoms with Crippen LogP contribution < -0.4 is 0 Å². The van der Waals surface area contributed by atoms with Crippen LogP contribution in [0.25, 0.3) is 54.6 Å². The second-order valence-corrected chi connectivity index (χ2v) is 6.18. The van der Waals surface area contributed by atoms with Crippen molar-refractivity contribution < 1.29 is 8.83 Å². The maximum absolute atomic E-state index is 6.21. The summed E-state index contributed by atoms with van der Waals surface area (Å²) < 4.78 is 12.4. The lowest BCUT2D eigenvalue weighted by Crippen LogP contribution is -1.75. The Kier molecular flexibility index (Phi) is 2.12. The quantitative estimate of drug-likeness (QED) is 0.314. The highest BCUT2D eigenvalue weighted by Crippen LogP contribution is 2.40. The predicted molar refractivity (Wildman–Crippen MR) is 98.5 cm³/mol. The summed E-state index contributed by atoms with van der Waals surface area (Å²) in [5, 5.41) is 6.73. The van der Waals surface area contributed by atoms with Crippen LogP contribution in [0.5, 0.6) is 0 Å². The van der Waals surface area contributed by atoms with Gasteiger partial charge >= 0.3 is 0 Å². The molecule has 112 valence electrons. The molecule has 0 atom stereocenters. The van der Waals surface area contributed by atoms with Crippen molar-refractivity contribution in [1.29, 1.82) is 0 Å². The highest BCUT2D eigenvalue weighted by atomic mass is 16.3. The Labute approximate surface area is 136 Å². The molecule has 6 rings (SSSR count). The molecular weight excluding hydrogens is 296 g/mol. The van der Waals surface area contributed by atoms with Crippen LogP contribution in [0.15, 0.2) is 81.6 Å². The summed E-state index contributed by atoms with van der Waals surface area (Å²) in [4.78, 5) is 0. The molecule has 0 unspecified atom stereocenters. The zero-order valence-electron chi connectivity index (χ0n) is 12.7. The van der Waals surface area contributed by atoms with Crippen LogP contribution in [-0.2, 0) is 0 Å². The highest BCUT2D eigenvalue weighted by molar-refractivity contribution is 6.24. The Morgan fingerprint density at radius 2 is 0.958 bits per heavy atom. The van der Waals surface area contributed by atoms with Crippen molar-refractivity contribution in [3.05, 3.63) is 72.8 Å². The molecule has 0 aliphatic heterocycles. The van der Waals surface area contributed by atoms with Gasteiger partial charge in [-0.1, -0.05) is 48.5 Å². The van der Waals surface area contributed by atoms with E-state index in [9.17, 15) is 0 Å². The van der Waals surface area contributed by atoms with Gasteiger partial charge in [-0.3, -0.25) is 0 Å². The Morgan fingerprint density at radius 1 is 0.458 bits per heavy atom. The van der Waals surface area contributed by atoms with Crippen molar-refractivity contribution in [2.24, 2.45) is 0 Å². The van der Waals surface area contributed by atoms with Gasteiger partial charge in [0, 0.05) is 21.5 Å². The molecule has 0 amide bonds. The van der Waals surface area contributed by atoms with Crippen molar-refractivity contribution >= 4 is 54.6 Å². The highest BCUT2D eigenvalue weighted by Gasteiger charge is 2.15. The standard InChI is InChI=1S/C22H12O2/c1-3-7-18-14(5-1)16-11-9-13-10-12-17-15-6-2-4-8-19(15)24-22(17)20(13)21(16)23-18/h1-12H. The van der Waals surface area contributed by atoms with E-state index >= 15 is 0 Å². The summed E-state index contributed by atoms with van der Waals surface area (Å²) in [6.07, 6.45) is 0. The predicted octanol–water partition coefficient (Wildman–Crippen LogP) is 6.64. The number of hydrogen-bond acceptors (Lipinski definition) is 2. The summed E-state index contributed by atoms with van der Waals surface area (Å²) >= 11 is 0. The molecule has 0 spiro atoms. The van der Waals surface area contributed by atoms with Gasteiger partial charge in [0.2, 0.25) is 0 Å². The van der Waals surface area contributed by atoms with Crippen LogP contribution in [0.2, 0.25) is 0 Å². The maximum atomic E-state index is 6.21. The minimum Gasteiger partial charge on any atom is -0.455 e. The number of rotatable bonds is 0. The average Bonchev–Trinajstić information content (AvgIpc) is 3.19. The fourth-order valence-corrected chi connectivity index (χ4v) is 3.77. The van der Waals surface area contributed by atoms with Crippen LogP contribution in [0, 0.1) is 0 Å². The molecule has 0 aliphatic carbocycles. The van der Waals surface area contributed by atoms with Gasteiger partial charge in [-0.2, -0.15) is 0 Å². The first-order valence-electron chi connectivity index (χ1n) is 8.04. The van der Waals surface area contributed by atoms with E-state index in [1.165, 1.54) is 0 Å². The van der Waals surface area contributed by atoms with Gasteiger partial charge in [0.15, 0.2) is 0 Å². The van der Waals surface area contributed by atoms with Crippen LogP contribution in [0.1, 0.15) is 0 Å². The van der Waals surface area contributed by atoms with Gasteiger partial charge in [-0.25, -0.2) is 0 Å². The van der Waals surface area contributed by atoms with Crippen molar-refractivity contribution in [2.45, 2.75) is 0 Å². The normalized spacial score (nSPS) is 12.2. The van der Waals surface area contributed by atoms with Gasteiger partial charge in [0.25, 0.3) is 0 Å². The molecule has 0 saturated carbocycles. The Bertz CT molecular complexity index is 1290. The maximum Gasteiger partial charge on any atom is 0.147 e. The molecule has 0 aliphatic rings. The van der Waals surface area contributed by atoms with Gasteiger partial charge in [0.1, 0.15) is 22.3 Å². The number of fused-ring (bicyclic) bond motifs is 9. The summed E-state index contributed by atoms with van der Waals surface area (Å²) in [5.41, 5.74) is 3.62. The molecule has 4 aromatic carbocycles. The summed E-state index contributed by atoms with van der Waals surface area (Å²) in [7, 11) is 0. The zero-order valence-corrected chi connectivity index (χ0v) is 12.7. The van der Waals surface area contributed by atoms with Gasteiger partial charge in [0.05, 0.1) is 5.39 Å². The van der Waals surface area contributed by atoms with E-state index in [-0.39, 0.29) is 0 Å². The van der Waals surface area contributed by atoms with Crippen molar-refractivity contribution in [1.82, 2.24) is 0 Å². The SMILES string of the molecule is c1ccc2c(c1)oc1c2ccc2ccc3c4ccccc4oc3c21. The summed E-state index contributed by atoms with van der Waals surface area (Å²) in [6.45, 7) is 0. The van der Waals surface area contributed by atoms with E-state index in [0.717, 1.165) is 54.6 Å². The topological polar surface area (TPSA) is 26.3 Å². The summed E-state index contributed by atoms with van der Waals surface area (Å²) in [5.74, 6) is 0. The molecule has 24 heavy (non-hydrogen) atoms. The minimum absolute atomic E-state index is 0.901. The first-order valence-corrected chi connectivity index (χ1v) is 8.04. The Balaban J connectivity index is 1.95. The van der Waals surface area contributed by atoms with Crippen LogP contribution in [-0.4, -0.2) is 0 Å². The van der Waals surface area contributed by atoms with Gasteiger partial charge in [-0.05, 0) is 29.7 Å². The van der Waals surface area contributed by atoms with Gasteiger partial charge < -0.3 is 8.83 Å². The molecule has 0 bridgehead atoms. The number of hydrogen-bond donors (Lipinski definition) is 0. The van der Waals surface area contributed by atoms with E-state index in [2.05, 4.69) is 36.4 Å². The summed E-state index contributed by atoms with van der Waals surface area (Å²) in [6, 6.07) is 24.9. The third-order valence-corrected chi connectivity index (χ3v) is 4.87. The van der Waals surface area contributed by atoms with Crippen LogP contribution in [0.3, 0.4) is 0 Å². The minimum atomic E-state index is 0.901. The van der Waals surface area contributed by atoms with Crippen molar-refractivity contribution in [2.75, 3.05) is 0 Å². The first kappa shape index (κ1) is 12.2. The second kappa shape index (κ2) is 4.18. The molecule has 0 N–H and O–H groups in total. The molecule has 2 heterocycles. The van der Waals surface area contributed by atoms with Gasteiger partial charge in [-0.15, -0.1) is 0 Å². The molecule has 2 nitrogen and oxygen atoms in total. The molecule has 0 fully saturated rings. The molecule has 0 saturated heterocycles. The van der Waals surface area contributed by atoms with Crippen LogP contribution >= 0.6 is 0 Å². The molecule has 6 aromatic rings. The second-order valence-electron chi connectivity index (χ2n) is 6.18. The van der Waals surface area contributed by atoms with Crippen molar-refractivity contribution in [3.63, 3.8) is 0 Å². The largest absolute Gasteiger partial charge is 0.455 e. The molecular formula is C22H12O2. The molecule has 0 radical (unpaired) electrons. The third kappa shape index (κ3) is 1.41. The van der Waals surface area contributed by atoms with E-state index in [4.69, 9.17) is 8.83 Å². The fraction of sp³-hybridized carbons (Fsp3) is 0. The third-order valence-electron chi connectivity index (χ3n) is 4.87. The smallest absolute Gasteiger partial charge is 0.147 e. The lowest BCUT2D eigenvalue weighted by Gasteiger charge is -2.00. The molecule has 2 aromatic heterocycles. The van der Waals surface area contributed by atoms with E-state index in [1.54, 1.807) is 0 Å². The Morgan fingerprint density at radius 3 is 1.50 bits per heavy atom. The van der Waals surface area contributed by atoms with Crippen LogP contribution in [0.4, 0.5) is 0 Å².